The van der Waals surface area contributed by atoms with E-state index >= 15 is 0 Å². The lowest BCUT2D eigenvalue weighted by Gasteiger charge is -2.27. The molecule has 0 unspecified atom stereocenters. The average Bonchev–Trinajstić information content (AvgIpc) is 3.02. The van der Waals surface area contributed by atoms with Crippen molar-refractivity contribution in [3.63, 3.8) is 0 Å². The van der Waals surface area contributed by atoms with E-state index in [1.807, 2.05) is 45.9 Å². The molecule has 0 saturated carbocycles. The van der Waals surface area contributed by atoms with Crippen LogP contribution < -0.4 is 0 Å². The van der Waals surface area contributed by atoms with E-state index in [1.54, 1.807) is 0 Å². The fraction of sp³-hybridized carbons (Fsp3) is 0.250. The average molecular weight is 304 g/mol. The van der Waals surface area contributed by atoms with E-state index in [4.69, 9.17) is 0 Å². The van der Waals surface area contributed by atoms with Crippen molar-refractivity contribution in [3.05, 3.63) is 60.7 Å². The number of amides is 1. The fourth-order valence-corrected chi connectivity index (χ4v) is 3.41. The van der Waals surface area contributed by atoms with Gasteiger partial charge in [0.25, 0.3) is 0 Å². The first kappa shape index (κ1) is 14.1. The molecule has 4 rings (SSSR count). The zero-order chi connectivity index (χ0) is 15.6. The molecule has 1 fully saturated rings. The molecule has 0 radical (unpaired) electrons. The third-order valence-corrected chi connectivity index (χ3v) is 4.60. The predicted molar refractivity (Wildman–Crippen MR) is 93.6 cm³/mol. The molecular formula is C20H20N2O. The molecule has 23 heavy (non-hydrogen) atoms. The number of para-hydroxylation sites is 1. The summed E-state index contributed by atoms with van der Waals surface area (Å²) in [5.41, 5.74) is 3.04. The molecule has 2 heterocycles. The molecule has 0 aliphatic carbocycles. The highest BCUT2D eigenvalue weighted by molar-refractivity contribution is 5.97. The number of hydrogen-bond donors (Lipinski definition) is 0. The smallest absolute Gasteiger partial charge is 0.324 e. The minimum atomic E-state index is 0.102. The summed E-state index contributed by atoms with van der Waals surface area (Å²) in [5.74, 6) is 0. The molecule has 0 atom stereocenters. The Balaban J connectivity index is 1.87. The maximum Gasteiger partial charge on any atom is 0.329 e. The monoisotopic (exact) mass is 304 g/mol. The maximum absolute atomic E-state index is 13.2. The van der Waals surface area contributed by atoms with Crippen LogP contribution in [0, 0.1) is 0 Å². The van der Waals surface area contributed by atoms with Crippen LogP contribution in [0.4, 0.5) is 4.79 Å². The Hall–Kier alpha value is -2.55. The summed E-state index contributed by atoms with van der Waals surface area (Å²) in [6.45, 7) is 1.72. The van der Waals surface area contributed by atoms with Gasteiger partial charge in [-0.2, -0.15) is 0 Å². The normalized spacial score (nSPS) is 15.0. The van der Waals surface area contributed by atoms with Crippen LogP contribution in [-0.4, -0.2) is 28.6 Å². The van der Waals surface area contributed by atoms with Crippen LogP contribution in [0.1, 0.15) is 19.3 Å². The van der Waals surface area contributed by atoms with Gasteiger partial charge in [0.05, 0.1) is 11.2 Å². The van der Waals surface area contributed by atoms with Crippen LogP contribution in [-0.2, 0) is 0 Å². The molecule has 1 aliphatic rings. The van der Waals surface area contributed by atoms with E-state index in [1.165, 1.54) is 6.42 Å². The van der Waals surface area contributed by atoms with Crippen molar-refractivity contribution in [3.8, 4) is 11.3 Å². The highest BCUT2D eigenvalue weighted by atomic mass is 16.2. The number of likely N-dealkylation sites (tertiary alicyclic amines) is 1. The van der Waals surface area contributed by atoms with Crippen LogP contribution >= 0.6 is 0 Å². The number of rotatable bonds is 1. The first-order valence-corrected chi connectivity index (χ1v) is 8.30. The van der Waals surface area contributed by atoms with E-state index in [0.29, 0.717) is 0 Å². The number of carbonyl (C=O) groups excluding carboxylic acids is 1. The Morgan fingerprint density at radius 1 is 0.826 bits per heavy atom. The van der Waals surface area contributed by atoms with Crippen LogP contribution in [0.2, 0.25) is 0 Å². The van der Waals surface area contributed by atoms with Gasteiger partial charge in [-0.3, -0.25) is 4.57 Å². The van der Waals surface area contributed by atoms with E-state index in [9.17, 15) is 4.79 Å². The second-order valence-corrected chi connectivity index (χ2v) is 6.12. The van der Waals surface area contributed by atoms with E-state index in [0.717, 1.165) is 48.1 Å². The van der Waals surface area contributed by atoms with Gasteiger partial charge in [-0.1, -0.05) is 48.5 Å². The number of nitrogens with zero attached hydrogens (tertiary/aromatic N) is 2. The lowest BCUT2D eigenvalue weighted by atomic mass is 10.1. The molecule has 3 aromatic rings. The lowest BCUT2D eigenvalue weighted by molar-refractivity contribution is 0.189. The summed E-state index contributed by atoms with van der Waals surface area (Å²) < 4.78 is 1.88. The second-order valence-electron chi connectivity index (χ2n) is 6.12. The third kappa shape index (κ3) is 2.52. The number of benzene rings is 2. The quantitative estimate of drug-likeness (QED) is 0.636. The summed E-state index contributed by atoms with van der Waals surface area (Å²) in [6.07, 6.45) is 3.43. The van der Waals surface area contributed by atoms with Gasteiger partial charge in [-0.15, -0.1) is 0 Å². The molecule has 2 aromatic carbocycles. The second kappa shape index (κ2) is 5.92. The van der Waals surface area contributed by atoms with Crippen molar-refractivity contribution in [1.82, 2.24) is 9.47 Å². The van der Waals surface area contributed by atoms with Crippen LogP contribution in [0.15, 0.2) is 60.7 Å². The molecule has 0 N–H and O–H groups in total. The van der Waals surface area contributed by atoms with Gasteiger partial charge in [0.1, 0.15) is 0 Å². The van der Waals surface area contributed by atoms with Crippen LogP contribution in [0.25, 0.3) is 22.2 Å². The number of hydrogen-bond acceptors (Lipinski definition) is 1. The number of piperidine rings is 1. The highest BCUT2D eigenvalue weighted by Gasteiger charge is 2.22. The molecule has 0 spiro atoms. The van der Waals surface area contributed by atoms with Crippen molar-refractivity contribution in [1.29, 1.82) is 0 Å². The molecule has 3 nitrogen and oxygen atoms in total. The summed E-state index contributed by atoms with van der Waals surface area (Å²) >= 11 is 0. The van der Waals surface area contributed by atoms with Gasteiger partial charge < -0.3 is 4.90 Å². The number of carbonyl (C=O) groups is 1. The van der Waals surface area contributed by atoms with Crippen molar-refractivity contribution < 1.29 is 4.79 Å². The van der Waals surface area contributed by atoms with E-state index in [2.05, 4.69) is 24.3 Å². The molecular weight excluding hydrogens is 284 g/mol. The van der Waals surface area contributed by atoms with Crippen molar-refractivity contribution >= 4 is 16.9 Å². The Labute approximate surface area is 136 Å². The standard InChI is InChI=1S/C20H20N2O/c23-20(21-13-7-2-8-14-21)22-18-12-6-5-11-17(18)15-19(22)16-9-3-1-4-10-16/h1,3-6,9-12,15H,2,7-8,13-14H2. The molecule has 116 valence electrons. The summed E-state index contributed by atoms with van der Waals surface area (Å²) in [7, 11) is 0. The zero-order valence-electron chi connectivity index (χ0n) is 13.1. The van der Waals surface area contributed by atoms with E-state index < -0.39 is 0 Å². The topological polar surface area (TPSA) is 25.2 Å². The Kier molecular flexibility index (Phi) is 3.62. The van der Waals surface area contributed by atoms with Gasteiger partial charge in [0, 0.05) is 18.5 Å². The van der Waals surface area contributed by atoms with Crippen LogP contribution in [0.5, 0.6) is 0 Å². The lowest BCUT2D eigenvalue weighted by Crippen LogP contribution is -2.38. The number of fused-ring (bicyclic) bond motifs is 1. The minimum absolute atomic E-state index is 0.102. The van der Waals surface area contributed by atoms with Crippen LogP contribution in [0.3, 0.4) is 0 Å². The first-order chi connectivity index (χ1) is 11.3. The third-order valence-electron chi connectivity index (χ3n) is 4.60. The first-order valence-electron chi connectivity index (χ1n) is 8.30. The van der Waals surface area contributed by atoms with E-state index in [-0.39, 0.29) is 6.03 Å². The molecule has 3 heteroatoms. The SMILES string of the molecule is O=C(N1CCCCC1)n1c(-c2ccccc2)cc2ccccc21. The predicted octanol–water partition coefficient (Wildman–Crippen LogP) is 4.76. The molecule has 1 saturated heterocycles. The number of aromatic nitrogens is 1. The molecule has 1 amide bonds. The van der Waals surface area contributed by atoms with Crippen molar-refractivity contribution in [2.24, 2.45) is 0 Å². The minimum Gasteiger partial charge on any atom is -0.324 e. The maximum atomic E-state index is 13.2. The van der Waals surface area contributed by atoms with Crippen molar-refractivity contribution in [2.45, 2.75) is 19.3 Å². The fourth-order valence-electron chi connectivity index (χ4n) is 3.41. The van der Waals surface area contributed by atoms with Gasteiger partial charge >= 0.3 is 6.03 Å². The highest BCUT2D eigenvalue weighted by Crippen LogP contribution is 2.29. The van der Waals surface area contributed by atoms with Crippen molar-refractivity contribution in [2.75, 3.05) is 13.1 Å². The zero-order valence-corrected chi connectivity index (χ0v) is 13.1. The summed E-state index contributed by atoms with van der Waals surface area (Å²) in [6, 6.07) is 20.5. The van der Waals surface area contributed by atoms with Gasteiger partial charge in [-0.25, -0.2) is 4.79 Å². The van der Waals surface area contributed by atoms with Gasteiger partial charge in [0.2, 0.25) is 0 Å². The molecule has 1 aliphatic heterocycles. The molecule has 1 aromatic heterocycles. The Morgan fingerprint density at radius 3 is 2.30 bits per heavy atom. The largest absolute Gasteiger partial charge is 0.329 e. The Bertz CT molecular complexity index is 829. The molecule has 0 bridgehead atoms. The Morgan fingerprint density at radius 2 is 1.52 bits per heavy atom. The summed E-state index contributed by atoms with van der Waals surface area (Å²) in [4.78, 5) is 15.1. The van der Waals surface area contributed by atoms with Gasteiger partial charge in [0.15, 0.2) is 0 Å². The summed E-state index contributed by atoms with van der Waals surface area (Å²) in [5, 5.41) is 1.11. The van der Waals surface area contributed by atoms with Gasteiger partial charge in [-0.05, 0) is 37.0 Å².